The zero-order chi connectivity index (χ0) is 32.6. The SMILES string of the molecule is CC[C@@H](C)NC(=O)[C@@H](Cc1ccccc1)N(Cc1ccc(F)cc1)C(=O)CN(c1ccccc1C)S(=O)(=O)c1ccc(C)cc1. The Morgan fingerprint density at radius 2 is 1.44 bits per heavy atom. The van der Waals surface area contributed by atoms with Crippen LogP contribution in [-0.4, -0.2) is 43.8 Å². The number of hydrogen-bond donors (Lipinski definition) is 1. The fourth-order valence-corrected chi connectivity index (χ4v) is 6.45. The molecule has 0 saturated heterocycles. The first-order valence-corrected chi connectivity index (χ1v) is 16.5. The van der Waals surface area contributed by atoms with Gasteiger partial charge in [0.05, 0.1) is 10.6 Å². The van der Waals surface area contributed by atoms with Gasteiger partial charge in [0.15, 0.2) is 0 Å². The summed E-state index contributed by atoms with van der Waals surface area (Å²) >= 11 is 0. The second kappa shape index (κ2) is 15.0. The molecule has 0 unspecified atom stereocenters. The number of hydrogen-bond acceptors (Lipinski definition) is 4. The number of benzene rings is 4. The quantitative estimate of drug-likeness (QED) is 0.191. The molecule has 0 aromatic heterocycles. The maximum absolute atomic E-state index is 14.5. The van der Waals surface area contributed by atoms with Crippen LogP contribution >= 0.6 is 0 Å². The largest absolute Gasteiger partial charge is 0.352 e. The molecule has 0 aliphatic carbocycles. The third-order valence-electron chi connectivity index (χ3n) is 7.81. The number of carbonyl (C=O) groups excluding carboxylic acids is 2. The number of para-hydroxylation sites is 1. The van der Waals surface area contributed by atoms with Crippen LogP contribution in [-0.2, 0) is 32.6 Å². The van der Waals surface area contributed by atoms with Crippen molar-refractivity contribution in [2.75, 3.05) is 10.8 Å². The molecular weight excluding hydrogens is 589 g/mol. The summed E-state index contributed by atoms with van der Waals surface area (Å²) in [4.78, 5) is 29.8. The molecule has 0 fully saturated rings. The Balaban J connectivity index is 1.81. The molecule has 2 atom stereocenters. The van der Waals surface area contributed by atoms with Crippen LogP contribution in [0, 0.1) is 19.7 Å². The maximum atomic E-state index is 14.5. The van der Waals surface area contributed by atoms with Crippen LogP contribution in [0.3, 0.4) is 0 Å². The van der Waals surface area contributed by atoms with Gasteiger partial charge in [-0.05, 0) is 74.2 Å². The fraction of sp³-hybridized carbons (Fsp3) is 0.278. The lowest BCUT2D eigenvalue weighted by atomic mass is 10.0. The predicted molar refractivity (Wildman–Crippen MR) is 176 cm³/mol. The van der Waals surface area contributed by atoms with Crippen molar-refractivity contribution in [1.82, 2.24) is 10.2 Å². The van der Waals surface area contributed by atoms with Gasteiger partial charge in [-0.2, -0.15) is 0 Å². The summed E-state index contributed by atoms with van der Waals surface area (Å²) in [6.45, 7) is 6.91. The molecule has 4 aromatic rings. The van der Waals surface area contributed by atoms with Crippen LogP contribution < -0.4 is 9.62 Å². The average molecular weight is 630 g/mol. The van der Waals surface area contributed by atoms with E-state index in [0.29, 0.717) is 23.2 Å². The Kier molecular flexibility index (Phi) is 11.1. The van der Waals surface area contributed by atoms with Crippen LogP contribution in [0.25, 0.3) is 0 Å². The first-order chi connectivity index (χ1) is 21.5. The third-order valence-corrected chi connectivity index (χ3v) is 9.58. The number of rotatable bonds is 13. The molecule has 0 bridgehead atoms. The molecule has 2 amide bonds. The van der Waals surface area contributed by atoms with Gasteiger partial charge >= 0.3 is 0 Å². The molecule has 0 saturated carbocycles. The molecule has 7 nitrogen and oxygen atoms in total. The van der Waals surface area contributed by atoms with Gasteiger partial charge in [0.1, 0.15) is 18.4 Å². The van der Waals surface area contributed by atoms with Crippen molar-refractivity contribution in [3.63, 3.8) is 0 Å². The summed E-state index contributed by atoms with van der Waals surface area (Å²) in [6.07, 6.45) is 0.886. The molecule has 45 heavy (non-hydrogen) atoms. The van der Waals surface area contributed by atoms with Gasteiger partial charge in [-0.25, -0.2) is 12.8 Å². The number of carbonyl (C=O) groups is 2. The first-order valence-electron chi connectivity index (χ1n) is 15.0. The Bertz CT molecular complexity index is 1690. The number of amides is 2. The highest BCUT2D eigenvalue weighted by atomic mass is 32.2. The minimum absolute atomic E-state index is 0.0310. The van der Waals surface area contributed by atoms with Crippen LogP contribution in [0.2, 0.25) is 0 Å². The number of nitrogens with zero attached hydrogens (tertiary/aromatic N) is 2. The van der Waals surface area contributed by atoms with Gasteiger partial charge in [0.2, 0.25) is 11.8 Å². The maximum Gasteiger partial charge on any atom is 0.264 e. The summed E-state index contributed by atoms with van der Waals surface area (Å²) in [5.41, 5.74) is 3.36. The molecule has 0 aliphatic rings. The monoisotopic (exact) mass is 629 g/mol. The van der Waals surface area contributed by atoms with Crippen molar-refractivity contribution in [1.29, 1.82) is 0 Å². The number of sulfonamides is 1. The van der Waals surface area contributed by atoms with Crippen LogP contribution in [0.5, 0.6) is 0 Å². The fourth-order valence-electron chi connectivity index (χ4n) is 4.98. The van der Waals surface area contributed by atoms with Crippen molar-refractivity contribution in [2.45, 2.75) is 64.1 Å². The summed E-state index contributed by atoms with van der Waals surface area (Å²) in [5.74, 6) is -1.35. The Labute approximate surface area is 265 Å². The second-order valence-corrected chi connectivity index (χ2v) is 13.1. The molecule has 9 heteroatoms. The molecule has 4 aromatic carbocycles. The average Bonchev–Trinajstić information content (AvgIpc) is 3.03. The summed E-state index contributed by atoms with van der Waals surface area (Å²) < 4.78 is 43.3. The number of anilines is 1. The molecular formula is C36H40FN3O4S. The molecule has 0 spiro atoms. The molecule has 0 aliphatic heterocycles. The number of nitrogens with one attached hydrogen (secondary N) is 1. The van der Waals surface area contributed by atoms with E-state index in [4.69, 9.17) is 0 Å². The zero-order valence-electron chi connectivity index (χ0n) is 26.1. The Morgan fingerprint density at radius 1 is 0.822 bits per heavy atom. The van der Waals surface area contributed by atoms with Crippen LogP contribution in [0.4, 0.5) is 10.1 Å². The predicted octanol–water partition coefficient (Wildman–Crippen LogP) is 6.19. The van der Waals surface area contributed by atoms with E-state index < -0.39 is 34.3 Å². The van der Waals surface area contributed by atoms with E-state index in [9.17, 15) is 22.4 Å². The van der Waals surface area contributed by atoms with Crippen molar-refractivity contribution < 1.29 is 22.4 Å². The van der Waals surface area contributed by atoms with E-state index in [-0.39, 0.29) is 29.8 Å². The normalized spacial score (nSPS) is 12.6. The number of halogens is 1. The van der Waals surface area contributed by atoms with Crippen LogP contribution in [0.1, 0.15) is 42.5 Å². The lowest BCUT2D eigenvalue weighted by Gasteiger charge is -2.34. The van der Waals surface area contributed by atoms with E-state index in [2.05, 4.69) is 5.32 Å². The zero-order valence-corrected chi connectivity index (χ0v) is 26.9. The highest BCUT2D eigenvalue weighted by Gasteiger charge is 2.35. The number of aryl methyl sites for hydroxylation is 2. The van der Waals surface area contributed by atoms with Gasteiger partial charge in [0.25, 0.3) is 10.0 Å². The third kappa shape index (κ3) is 8.57. The Hall–Kier alpha value is -4.50. The highest BCUT2D eigenvalue weighted by Crippen LogP contribution is 2.28. The van der Waals surface area contributed by atoms with E-state index in [1.54, 1.807) is 55.5 Å². The Morgan fingerprint density at radius 3 is 2.07 bits per heavy atom. The topological polar surface area (TPSA) is 86.8 Å². The lowest BCUT2D eigenvalue weighted by molar-refractivity contribution is -0.140. The van der Waals surface area contributed by atoms with Crippen molar-refractivity contribution in [2.24, 2.45) is 0 Å². The first kappa shape index (κ1) is 33.4. The van der Waals surface area contributed by atoms with Gasteiger partial charge in [-0.1, -0.05) is 85.3 Å². The van der Waals surface area contributed by atoms with Crippen LogP contribution in [0.15, 0.2) is 108 Å². The van der Waals surface area contributed by atoms with Crippen molar-refractivity contribution in [3.05, 3.63) is 131 Å². The minimum atomic E-state index is -4.19. The van der Waals surface area contributed by atoms with E-state index >= 15 is 0 Å². The highest BCUT2D eigenvalue weighted by molar-refractivity contribution is 7.92. The lowest BCUT2D eigenvalue weighted by Crippen LogP contribution is -2.54. The summed E-state index contributed by atoms with van der Waals surface area (Å²) in [6, 6.07) is 27.4. The van der Waals surface area contributed by atoms with E-state index in [1.807, 2.05) is 51.1 Å². The standard InChI is InChI=1S/C36H40FN3O4S/c1-5-28(4)38-36(42)34(23-29-12-7-6-8-13-29)39(24-30-17-19-31(37)20-18-30)35(41)25-40(33-14-10-9-11-27(33)3)45(43,44)32-21-15-26(2)16-22-32/h6-22,28,34H,5,23-25H2,1-4H3,(H,38,42)/t28-,34-/m1/s1. The van der Waals surface area contributed by atoms with Crippen molar-refractivity contribution >= 4 is 27.5 Å². The van der Waals surface area contributed by atoms with E-state index in [0.717, 1.165) is 15.4 Å². The molecule has 236 valence electrons. The molecule has 0 heterocycles. The molecule has 0 radical (unpaired) electrons. The second-order valence-electron chi connectivity index (χ2n) is 11.3. The van der Waals surface area contributed by atoms with Gasteiger partial charge in [-0.15, -0.1) is 0 Å². The van der Waals surface area contributed by atoms with Gasteiger partial charge in [0, 0.05) is 19.0 Å². The molecule has 4 rings (SSSR count). The molecule has 1 N–H and O–H groups in total. The summed E-state index contributed by atoms with van der Waals surface area (Å²) in [5, 5.41) is 3.01. The van der Waals surface area contributed by atoms with Gasteiger partial charge < -0.3 is 10.2 Å². The smallest absolute Gasteiger partial charge is 0.264 e. The minimum Gasteiger partial charge on any atom is -0.352 e. The van der Waals surface area contributed by atoms with Gasteiger partial charge in [-0.3, -0.25) is 13.9 Å². The summed E-state index contributed by atoms with van der Waals surface area (Å²) in [7, 11) is -4.19. The van der Waals surface area contributed by atoms with Crippen molar-refractivity contribution in [3.8, 4) is 0 Å². The van der Waals surface area contributed by atoms with E-state index in [1.165, 1.54) is 29.2 Å².